The minimum Gasteiger partial charge on any atom is -0.494 e. The first-order valence-electron chi connectivity index (χ1n) is 16.6. The smallest absolute Gasteiger partial charge is 0.306 e. The maximum Gasteiger partial charge on any atom is 0.306 e. The van der Waals surface area contributed by atoms with Crippen LogP contribution in [0.2, 0.25) is 0 Å². The number of esters is 2. The zero-order valence-electron chi connectivity index (χ0n) is 28.9. The summed E-state index contributed by atoms with van der Waals surface area (Å²) in [5.41, 5.74) is 3.37. The molecule has 0 radical (unpaired) electrons. The topological polar surface area (TPSA) is 139 Å². The minimum atomic E-state index is -3.52. The number of carbonyl (C=O) groups excluding carboxylic acids is 2. The summed E-state index contributed by atoms with van der Waals surface area (Å²) in [5, 5.41) is 0. The number of hydrogen-bond acceptors (Lipinski definition) is 10. The standard InChI is InChI=1S/C37H48O10S2/c1-5-44-36(38)16-12-24-47-35-15-11-14-29(34(35)21-22-37(39)45-6-2)13-9-7-8-10-23-46-31-25-30(26-33(27-31)49(4,42)43)28-17-19-32(20-18-28)48(3,40)41/h11,14-15,17-20,25-27H,5-10,12-13,16,21-24H2,1-4H3. The number of rotatable bonds is 21. The lowest BCUT2D eigenvalue weighted by atomic mass is 9.96. The number of sulfone groups is 2. The van der Waals surface area contributed by atoms with E-state index in [0.29, 0.717) is 61.9 Å². The largest absolute Gasteiger partial charge is 0.494 e. The number of carbonyl (C=O) groups is 2. The van der Waals surface area contributed by atoms with E-state index in [0.717, 1.165) is 55.7 Å². The van der Waals surface area contributed by atoms with E-state index in [2.05, 4.69) is 6.07 Å². The van der Waals surface area contributed by atoms with Crippen LogP contribution in [0, 0.1) is 0 Å². The monoisotopic (exact) mass is 716 g/mol. The molecule has 0 saturated heterocycles. The van der Waals surface area contributed by atoms with Crippen LogP contribution in [0.25, 0.3) is 11.1 Å². The molecule has 0 saturated carbocycles. The molecule has 0 aliphatic carbocycles. The average Bonchev–Trinajstić information content (AvgIpc) is 3.05. The van der Waals surface area contributed by atoms with Gasteiger partial charge in [-0.3, -0.25) is 9.59 Å². The second-order valence-corrected chi connectivity index (χ2v) is 15.8. The van der Waals surface area contributed by atoms with Crippen molar-refractivity contribution in [3.63, 3.8) is 0 Å². The van der Waals surface area contributed by atoms with E-state index >= 15 is 0 Å². The third-order valence-corrected chi connectivity index (χ3v) is 9.96. The summed E-state index contributed by atoms with van der Waals surface area (Å²) >= 11 is 0. The zero-order chi connectivity index (χ0) is 35.9. The van der Waals surface area contributed by atoms with Crippen molar-refractivity contribution in [1.29, 1.82) is 0 Å². The highest BCUT2D eigenvalue weighted by atomic mass is 32.2. The molecular weight excluding hydrogens is 669 g/mol. The molecule has 0 unspecified atom stereocenters. The van der Waals surface area contributed by atoms with Gasteiger partial charge in [-0.2, -0.15) is 0 Å². The molecule has 49 heavy (non-hydrogen) atoms. The van der Waals surface area contributed by atoms with Crippen LogP contribution >= 0.6 is 0 Å². The molecule has 0 spiro atoms. The van der Waals surface area contributed by atoms with Gasteiger partial charge >= 0.3 is 11.9 Å². The Labute approximate surface area is 291 Å². The van der Waals surface area contributed by atoms with Crippen molar-refractivity contribution in [3.05, 3.63) is 71.8 Å². The normalized spacial score (nSPS) is 11.6. The lowest BCUT2D eigenvalue weighted by Gasteiger charge is -2.16. The highest BCUT2D eigenvalue weighted by Gasteiger charge is 2.15. The van der Waals surface area contributed by atoms with Crippen molar-refractivity contribution in [2.45, 2.75) is 81.4 Å². The summed E-state index contributed by atoms with van der Waals surface area (Å²) in [7, 11) is -6.87. The van der Waals surface area contributed by atoms with Gasteiger partial charge in [0.1, 0.15) is 11.5 Å². The Morgan fingerprint density at radius 3 is 1.90 bits per heavy atom. The van der Waals surface area contributed by atoms with Gasteiger partial charge < -0.3 is 18.9 Å². The Kier molecular flexibility index (Phi) is 15.6. The van der Waals surface area contributed by atoms with Crippen LogP contribution in [-0.4, -0.2) is 67.7 Å². The molecule has 12 heteroatoms. The highest BCUT2D eigenvalue weighted by molar-refractivity contribution is 7.91. The molecule has 0 atom stereocenters. The van der Waals surface area contributed by atoms with Crippen LogP contribution in [0.15, 0.2) is 70.5 Å². The lowest BCUT2D eigenvalue weighted by molar-refractivity contribution is -0.144. The van der Waals surface area contributed by atoms with E-state index in [4.69, 9.17) is 18.9 Å². The number of benzene rings is 3. The Morgan fingerprint density at radius 1 is 0.612 bits per heavy atom. The van der Waals surface area contributed by atoms with Gasteiger partial charge in [0.25, 0.3) is 0 Å². The Hall–Kier alpha value is -3.90. The van der Waals surface area contributed by atoms with E-state index in [1.165, 1.54) is 18.2 Å². The summed E-state index contributed by atoms with van der Waals surface area (Å²) in [6, 6.07) is 17.0. The van der Waals surface area contributed by atoms with E-state index in [9.17, 15) is 26.4 Å². The first kappa shape index (κ1) is 39.5. The molecule has 268 valence electrons. The van der Waals surface area contributed by atoms with E-state index < -0.39 is 19.7 Å². The predicted molar refractivity (Wildman–Crippen MR) is 189 cm³/mol. The summed E-state index contributed by atoms with van der Waals surface area (Å²) < 4.78 is 70.6. The summed E-state index contributed by atoms with van der Waals surface area (Å²) in [4.78, 5) is 24.1. The van der Waals surface area contributed by atoms with Crippen LogP contribution in [0.4, 0.5) is 0 Å². The fourth-order valence-electron chi connectivity index (χ4n) is 5.25. The van der Waals surface area contributed by atoms with Crippen LogP contribution < -0.4 is 9.47 Å². The molecule has 3 aromatic carbocycles. The number of ether oxygens (including phenoxy) is 4. The fraction of sp³-hybridized carbons (Fsp3) is 0.459. The van der Waals surface area contributed by atoms with Gasteiger partial charge in [-0.1, -0.05) is 37.1 Å². The van der Waals surface area contributed by atoms with E-state index in [1.807, 2.05) is 12.1 Å². The average molecular weight is 717 g/mol. The highest BCUT2D eigenvalue weighted by Crippen LogP contribution is 2.30. The quantitative estimate of drug-likeness (QED) is 0.0880. The van der Waals surface area contributed by atoms with Crippen molar-refractivity contribution in [2.75, 3.05) is 38.9 Å². The molecule has 0 N–H and O–H groups in total. The molecule has 3 aromatic rings. The molecule has 10 nitrogen and oxygen atoms in total. The Bertz CT molecular complexity index is 1750. The van der Waals surface area contributed by atoms with Gasteiger partial charge in [-0.25, -0.2) is 16.8 Å². The van der Waals surface area contributed by atoms with Gasteiger partial charge in [-0.15, -0.1) is 0 Å². The Balaban J connectivity index is 1.57. The van der Waals surface area contributed by atoms with Gasteiger partial charge in [0.2, 0.25) is 0 Å². The molecule has 0 aliphatic rings. The maximum atomic E-state index is 12.4. The number of hydrogen-bond donors (Lipinski definition) is 0. The molecule has 0 fully saturated rings. The first-order valence-corrected chi connectivity index (χ1v) is 20.4. The molecule has 3 rings (SSSR count). The van der Waals surface area contributed by atoms with Crippen LogP contribution in [0.3, 0.4) is 0 Å². The van der Waals surface area contributed by atoms with Gasteiger partial charge in [0.05, 0.1) is 36.2 Å². The summed E-state index contributed by atoms with van der Waals surface area (Å²) in [5.74, 6) is 0.625. The minimum absolute atomic E-state index is 0.121. The summed E-state index contributed by atoms with van der Waals surface area (Å²) in [6.07, 6.45) is 8.13. The summed E-state index contributed by atoms with van der Waals surface area (Å²) in [6.45, 7) is 4.99. The van der Waals surface area contributed by atoms with Gasteiger partial charge in [0, 0.05) is 25.4 Å². The molecule has 0 heterocycles. The second-order valence-electron chi connectivity index (χ2n) is 11.7. The van der Waals surface area contributed by atoms with Crippen molar-refractivity contribution in [2.24, 2.45) is 0 Å². The van der Waals surface area contributed by atoms with Crippen LogP contribution in [0.5, 0.6) is 11.5 Å². The molecule has 0 amide bonds. The zero-order valence-corrected chi connectivity index (χ0v) is 30.5. The van der Waals surface area contributed by atoms with Crippen molar-refractivity contribution in [3.8, 4) is 22.6 Å². The molecule has 0 aromatic heterocycles. The number of aryl methyl sites for hydroxylation is 1. The third-order valence-electron chi connectivity index (χ3n) is 7.74. The lowest BCUT2D eigenvalue weighted by Crippen LogP contribution is -2.10. The van der Waals surface area contributed by atoms with E-state index in [1.54, 1.807) is 38.1 Å². The SMILES string of the molecule is CCOC(=O)CCCOc1cccc(CCCCCCOc2cc(-c3ccc(S(C)(=O)=O)cc3)cc(S(C)(=O)=O)c2)c1CCC(=O)OCC. The van der Waals surface area contributed by atoms with Crippen molar-refractivity contribution >= 4 is 31.6 Å². The maximum absolute atomic E-state index is 12.4. The fourth-order valence-corrected chi connectivity index (χ4v) is 6.55. The van der Waals surface area contributed by atoms with Crippen molar-refractivity contribution in [1.82, 2.24) is 0 Å². The second kappa shape index (κ2) is 19.3. The number of unbranched alkanes of at least 4 members (excludes halogenated alkanes) is 3. The first-order chi connectivity index (χ1) is 23.3. The van der Waals surface area contributed by atoms with E-state index in [-0.39, 0.29) is 34.6 Å². The van der Waals surface area contributed by atoms with Crippen LogP contribution in [0.1, 0.15) is 69.9 Å². The molecule has 0 aliphatic heterocycles. The Morgan fingerprint density at radius 2 is 1.24 bits per heavy atom. The molecular formula is C37H48O10S2. The van der Waals surface area contributed by atoms with Crippen molar-refractivity contribution < 1.29 is 45.4 Å². The molecule has 0 bridgehead atoms. The van der Waals surface area contributed by atoms with Gasteiger partial charge in [-0.05, 0) is 105 Å². The van der Waals surface area contributed by atoms with Crippen LogP contribution in [-0.2, 0) is 51.6 Å². The van der Waals surface area contributed by atoms with Gasteiger partial charge in [0.15, 0.2) is 19.7 Å². The predicted octanol–water partition coefficient (Wildman–Crippen LogP) is 6.56. The third kappa shape index (κ3) is 13.5.